The molecule has 1 aromatic heterocycles. The summed E-state index contributed by atoms with van der Waals surface area (Å²) in [5, 5.41) is 7.70. The van der Waals surface area contributed by atoms with Crippen LogP contribution in [0, 0.1) is 0 Å². The molecule has 0 saturated carbocycles. The maximum atomic E-state index is 13.6. The van der Waals surface area contributed by atoms with Crippen LogP contribution in [-0.2, 0) is 9.53 Å². The molecule has 0 saturated heterocycles. The van der Waals surface area contributed by atoms with Crippen molar-refractivity contribution in [1.29, 1.82) is 0 Å². The zero-order chi connectivity index (χ0) is 28.7. The van der Waals surface area contributed by atoms with Gasteiger partial charge in [-0.1, -0.05) is 60.7 Å². The van der Waals surface area contributed by atoms with E-state index in [1.54, 1.807) is 4.68 Å². The minimum atomic E-state index is -0.448. The van der Waals surface area contributed by atoms with Gasteiger partial charge in [0.25, 0.3) is 0 Å². The molecule has 4 aromatic carbocycles. The van der Waals surface area contributed by atoms with Crippen LogP contribution in [0.25, 0.3) is 17.1 Å². The van der Waals surface area contributed by atoms with Gasteiger partial charge in [-0.25, -0.2) is 4.68 Å². The van der Waals surface area contributed by atoms with Crippen molar-refractivity contribution in [2.45, 2.75) is 12.8 Å². The van der Waals surface area contributed by atoms with E-state index in [0.717, 1.165) is 22.4 Å². The Morgan fingerprint density at radius 2 is 1.57 bits per heavy atom. The molecule has 9 heteroatoms. The standard InChI is InChI=1S/C33H30N4O5/c1-2-39-19-20-40-33-35-31(25-13-18-28-29(21-25)42-22-41-28)37(36-33)27-16-14-26(15-17-27)34-32(38)30(23-9-5-3-6-10-23)24-11-7-4-8-12-24/h3-18,21,30H,2,19-20,22H2,1H3,(H,34,38). The highest BCUT2D eigenvalue weighted by Gasteiger charge is 2.23. The van der Waals surface area contributed by atoms with Crippen LogP contribution in [0.3, 0.4) is 0 Å². The molecule has 1 amide bonds. The maximum absolute atomic E-state index is 13.6. The van der Waals surface area contributed by atoms with Crippen molar-refractivity contribution in [1.82, 2.24) is 14.8 Å². The molecule has 1 N–H and O–H groups in total. The van der Waals surface area contributed by atoms with Gasteiger partial charge < -0.3 is 24.3 Å². The fraction of sp³-hybridized carbons (Fsp3) is 0.182. The van der Waals surface area contributed by atoms with Crippen LogP contribution in [0.1, 0.15) is 24.0 Å². The second-order valence-electron chi connectivity index (χ2n) is 9.53. The van der Waals surface area contributed by atoms with E-state index in [9.17, 15) is 4.79 Å². The molecule has 212 valence electrons. The van der Waals surface area contributed by atoms with E-state index in [4.69, 9.17) is 18.9 Å². The summed E-state index contributed by atoms with van der Waals surface area (Å²) in [5.41, 5.74) is 4.04. The first-order chi connectivity index (χ1) is 20.7. The number of ether oxygens (including phenoxy) is 4. The molecular formula is C33H30N4O5. The van der Waals surface area contributed by atoms with Gasteiger partial charge >= 0.3 is 6.01 Å². The summed E-state index contributed by atoms with van der Waals surface area (Å²) in [5.74, 6) is 1.33. The lowest BCUT2D eigenvalue weighted by atomic mass is 9.90. The minimum absolute atomic E-state index is 0.119. The zero-order valence-corrected chi connectivity index (χ0v) is 23.1. The fourth-order valence-electron chi connectivity index (χ4n) is 4.78. The van der Waals surface area contributed by atoms with Gasteiger partial charge in [0.15, 0.2) is 17.3 Å². The first-order valence-electron chi connectivity index (χ1n) is 13.8. The normalized spacial score (nSPS) is 12.0. The molecule has 9 nitrogen and oxygen atoms in total. The number of anilines is 1. The molecule has 0 bridgehead atoms. The van der Waals surface area contributed by atoms with E-state index >= 15 is 0 Å². The van der Waals surface area contributed by atoms with E-state index < -0.39 is 5.92 Å². The smallest absolute Gasteiger partial charge is 0.336 e. The van der Waals surface area contributed by atoms with Crippen molar-refractivity contribution >= 4 is 11.6 Å². The lowest BCUT2D eigenvalue weighted by molar-refractivity contribution is -0.116. The number of aromatic nitrogens is 3. The highest BCUT2D eigenvalue weighted by Crippen LogP contribution is 2.36. The number of nitrogens with zero attached hydrogens (tertiary/aromatic N) is 3. The number of fused-ring (bicyclic) bond motifs is 1. The molecule has 0 spiro atoms. The number of rotatable bonds is 11. The first-order valence-corrected chi connectivity index (χ1v) is 13.8. The molecule has 0 unspecified atom stereocenters. The van der Waals surface area contributed by atoms with E-state index in [1.165, 1.54) is 0 Å². The Kier molecular flexibility index (Phi) is 8.09. The van der Waals surface area contributed by atoms with Crippen molar-refractivity contribution in [2.75, 3.05) is 31.9 Å². The number of carbonyl (C=O) groups is 1. The summed E-state index contributed by atoms with van der Waals surface area (Å²) in [7, 11) is 0. The predicted octanol–water partition coefficient (Wildman–Crippen LogP) is 5.85. The third-order valence-electron chi connectivity index (χ3n) is 6.79. The van der Waals surface area contributed by atoms with Crippen molar-refractivity contribution in [3.05, 3.63) is 114 Å². The second kappa shape index (κ2) is 12.6. The minimum Gasteiger partial charge on any atom is -0.460 e. The fourth-order valence-corrected chi connectivity index (χ4v) is 4.78. The number of carbonyl (C=O) groups excluding carboxylic acids is 1. The molecular weight excluding hydrogens is 532 g/mol. The lowest BCUT2D eigenvalue weighted by Gasteiger charge is -2.18. The Balaban J connectivity index is 1.26. The number of hydrogen-bond acceptors (Lipinski definition) is 7. The van der Waals surface area contributed by atoms with Gasteiger partial charge in [-0.3, -0.25) is 4.79 Å². The third kappa shape index (κ3) is 5.96. The summed E-state index contributed by atoms with van der Waals surface area (Å²) >= 11 is 0. The Morgan fingerprint density at radius 1 is 0.881 bits per heavy atom. The molecule has 1 aliphatic heterocycles. The van der Waals surface area contributed by atoms with Crippen LogP contribution in [0.4, 0.5) is 5.69 Å². The average Bonchev–Trinajstić information content (AvgIpc) is 3.68. The summed E-state index contributed by atoms with van der Waals surface area (Å²) in [6.07, 6.45) is 0. The van der Waals surface area contributed by atoms with Crippen LogP contribution in [0.5, 0.6) is 17.5 Å². The Bertz CT molecular complexity index is 1600. The van der Waals surface area contributed by atoms with E-state index in [1.807, 2.05) is 110 Å². The highest BCUT2D eigenvalue weighted by atomic mass is 16.7. The molecule has 0 aliphatic carbocycles. The van der Waals surface area contributed by atoms with Gasteiger partial charge in [-0.2, -0.15) is 4.98 Å². The molecule has 0 atom stereocenters. The zero-order valence-electron chi connectivity index (χ0n) is 23.1. The number of benzene rings is 4. The number of nitrogens with one attached hydrogen (secondary N) is 1. The average molecular weight is 563 g/mol. The summed E-state index contributed by atoms with van der Waals surface area (Å²) in [6, 6.07) is 32.8. The Hall–Kier alpha value is -5.15. The van der Waals surface area contributed by atoms with Crippen LogP contribution in [0.2, 0.25) is 0 Å². The number of hydrogen-bond donors (Lipinski definition) is 1. The Morgan fingerprint density at radius 3 is 2.26 bits per heavy atom. The van der Waals surface area contributed by atoms with Crippen molar-refractivity contribution in [3.63, 3.8) is 0 Å². The monoisotopic (exact) mass is 562 g/mol. The summed E-state index contributed by atoms with van der Waals surface area (Å²) in [6.45, 7) is 3.48. The van der Waals surface area contributed by atoms with Crippen LogP contribution in [0.15, 0.2) is 103 Å². The van der Waals surface area contributed by atoms with Crippen LogP contribution >= 0.6 is 0 Å². The molecule has 0 radical (unpaired) electrons. The van der Waals surface area contributed by atoms with E-state index in [0.29, 0.717) is 42.8 Å². The SMILES string of the molecule is CCOCCOc1nc(-c2ccc3c(c2)OCO3)n(-c2ccc(NC(=O)C(c3ccccc3)c3ccccc3)cc2)n1. The first kappa shape index (κ1) is 27.0. The summed E-state index contributed by atoms with van der Waals surface area (Å²) < 4.78 is 23.9. The molecule has 1 aliphatic rings. The van der Waals surface area contributed by atoms with Crippen molar-refractivity contribution in [2.24, 2.45) is 0 Å². The molecule has 0 fully saturated rings. The maximum Gasteiger partial charge on any atom is 0.336 e. The molecule has 5 aromatic rings. The topological polar surface area (TPSA) is 96.7 Å². The van der Waals surface area contributed by atoms with Crippen LogP contribution < -0.4 is 19.5 Å². The van der Waals surface area contributed by atoms with Crippen LogP contribution in [-0.4, -0.2) is 47.3 Å². The molecule has 42 heavy (non-hydrogen) atoms. The van der Waals surface area contributed by atoms with Crippen molar-refractivity contribution in [3.8, 4) is 34.6 Å². The van der Waals surface area contributed by atoms with Gasteiger partial charge in [-0.15, -0.1) is 5.10 Å². The Labute approximate surface area is 243 Å². The molecule has 6 rings (SSSR count). The van der Waals surface area contributed by atoms with Gasteiger partial charge in [0.2, 0.25) is 12.7 Å². The van der Waals surface area contributed by atoms with Gasteiger partial charge in [0.1, 0.15) is 6.61 Å². The largest absolute Gasteiger partial charge is 0.460 e. The quantitative estimate of drug-likeness (QED) is 0.202. The molecule has 2 heterocycles. The van der Waals surface area contributed by atoms with Gasteiger partial charge in [-0.05, 0) is 60.5 Å². The van der Waals surface area contributed by atoms with Gasteiger partial charge in [0, 0.05) is 17.9 Å². The van der Waals surface area contributed by atoms with E-state index in [2.05, 4.69) is 15.4 Å². The number of amides is 1. The second-order valence-corrected chi connectivity index (χ2v) is 9.53. The third-order valence-corrected chi connectivity index (χ3v) is 6.79. The highest BCUT2D eigenvalue weighted by molar-refractivity contribution is 5.98. The van der Waals surface area contributed by atoms with Gasteiger partial charge in [0.05, 0.1) is 18.2 Å². The summed E-state index contributed by atoms with van der Waals surface area (Å²) in [4.78, 5) is 18.2. The van der Waals surface area contributed by atoms with Crippen molar-refractivity contribution < 1.29 is 23.7 Å². The van der Waals surface area contributed by atoms with E-state index in [-0.39, 0.29) is 18.7 Å². The predicted molar refractivity (Wildman–Crippen MR) is 158 cm³/mol. The lowest BCUT2D eigenvalue weighted by Crippen LogP contribution is -2.22.